The average Bonchev–Trinajstić information content (AvgIpc) is 3.13. The number of carbonyl (C=O) groups is 8. The molecule has 6 N–H and O–H groups in total. The van der Waals surface area contributed by atoms with E-state index in [1.54, 1.807) is 20.8 Å². The lowest BCUT2D eigenvalue weighted by atomic mass is 9.88. The first kappa shape index (κ1) is 58.5. The summed E-state index contributed by atoms with van der Waals surface area (Å²) in [5.41, 5.74) is 12.0. The molecule has 0 saturated carbocycles. The van der Waals surface area contributed by atoms with Crippen LogP contribution in [0.1, 0.15) is 140 Å². The molecule has 61 heavy (non-hydrogen) atoms. The number of carbonyl (C=O) groups excluding carboxylic acids is 8. The fourth-order valence-electron chi connectivity index (χ4n) is 6.31. The van der Waals surface area contributed by atoms with E-state index < -0.39 is 59.8 Å². The van der Waals surface area contributed by atoms with Crippen LogP contribution >= 0.6 is 0 Å². The van der Waals surface area contributed by atoms with E-state index in [1.807, 2.05) is 55.4 Å². The summed E-state index contributed by atoms with van der Waals surface area (Å²) in [6.07, 6.45) is 4.01. The molecular weight excluding hydrogens is 785 g/mol. The molecule has 16 nitrogen and oxygen atoms in total. The van der Waals surface area contributed by atoms with Gasteiger partial charge in [0.2, 0.25) is 23.4 Å². The number of nitrogens with one attached hydrogen (secondary N) is 2. The molecule has 0 spiro atoms. The first-order valence-corrected chi connectivity index (χ1v) is 21.6. The number of rotatable bonds is 30. The summed E-state index contributed by atoms with van der Waals surface area (Å²) < 4.78 is 17.1. The van der Waals surface area contributed by atoms with Crippen LogP contribution in [0, 0.1) is 35.5 Å². The summed E-state index contributed by atoms with van der Waals surface area (Å²) in [7, 11) is 0. The Morgan fingerprint density at radius 1 is 0.574 bits per heavy atom. The number of ketones is 4. The highest BCUT2D eigenvalue weighted by molar-refractivity contribution is 6.27. The topological polar surface area (TPSA) is 259 Å². The molecule has 2 amide bonds. The minimum Gasteiger partial charge on any atom is -0.464 e. The van der Waals surface area contributed by atoms with Crippen LogP contribution in [0.2, 0.25) is 0 Å². The Balaban J connectivity index is 0. The van der Waals surface area contributed by atoms with E-state index in [0.29, 0.717) is 25.7 Å². The van der Waals surface area contributed by atoms with Crippen molar-refractivity contribution in [3.05, 3.63) is 0 Å². The number of esters is 2. The Kier molecular flexibility index (Phi) is 30.8. The van der Waals surface area contributed by atoms with E-state index >= 15 is 0 Å². The summed E-state index contributed by atoms with van der Waals surface area (Å²) in [5, 5.41) is 5.36. The molecule has 346 valence electrons. The Labute approximate surface area is 364 Å². The normalized spacial score (nSPS) is 13.9. The molecule has 0 aromatic heterocycles. The quantitative estimate of drug-likeness (QED) is 0.0462. The van der Waals surface area contributed by atoms with Crippen molar-refractivity contribution >= 4 is 72.8 Å². The number of nitrogens with zero attached hydrogens (tertiary/aromatic N) is 2. The molecule has 0 radical (unpaired) electrons. The summed E-state index contributed by atoms with van der Waals surface area (Å²) in [6, 6.07) is -3.21. The summed E-state index contributed by atoms with van der Waals surface area (Å²) in [5.74, 6) is -3.34. The number of amides is 2. The lowest BCUT2D eigenvalue weighted by molar-refractivity contribution is -0.152. The predicted molar refractivity (Wildman–Crippen MR) is 241 cm³/mol. The van der Waals surface area contributed by atoms with Gasteiger partial charge in [-0.15, -0.1) is 9.34 Å². The van der Waals surface area contributed by atoms with Crippen molar-refractivity contribution in [2.45, 2.75) is 171 Å². The SMILES string of the molecule is C=[N+]=CC(=O)CC[C@H](NC(=O)[C@@H](CC(=O)[C@@H](N)CC(C)C)CC(C)C)C(=O)OC(C)C.C=[N+]=CC(=O)CC[C@H](NC(=O)[C@@H](CC(=O)[C@@H](N)CC(C)C)CC(C)C)C(=O)OCC. The molecule has 0 aromatic rings. The summed E-state index contributed by atoms with van der Waals surface area (Å²) in [4.78, 5) is 99.2. The third-order valence-electron chi connectivity index (χ3n) is 9.10. The minimum atomic E-state index is -0.994. The van der Waals surface area contributed by atoms with Gasteiger partial charge in [0.1, 0.15) is 23.7 Å². The Morgan fingerprint density at radius 3 is 1.21 bits per heavy atom. The molecule has 0 bridgehead atoms. The second-order valence-corrected chi connectivity index (χ2v) is 17.5. The van der Waals surface area contributed by atoms with E-state index in [9.17, 15) is 38.4 Å². The van der Waals surface area contributed by atoms with E-state index in [0.717, 1.165) is 12.4 Å². The number of hydrogen-bond donors (Lipinski definition) is 4. The molecular formula is C45H78N6O10+2. The van der Waals surface area contributed by atoms with Crippen molar-refractivity contribution < 1.29 is 47.8 Å². The van der Waals surface area contributed by atoms with Crippen molar-refractivity contribution in [3.8, 4) is 0 Å². The summed E-state index contributed by atoms with van der Waals surface area (Å²) in [6.45, 7) is 27.4. The zero-order valence-corrected chi connectivity index (χ0v) is 38.8. The second kappa shape index (κ2) is 32.1. The molecule has 16 heteroatoms. The molecule has 0 rings (SSSR count). The predicted octanol–water partition coefficient (Wildman–Crippen LogP) is 2.82. The van der Waals surface area contributed by atoms with Crippen LogP contribution in [-0.4, -0.2) is 110 Å². The molecule has 0 saturated heterocycles. The van der Waals surface area contributed by atoms with Gasteiger partial charge in [-0.25, -0.2) is 9.59 Å². The van der Waals surface area contributed by atoms with Gasteiger partial charge in [0.05, 0.1) is 24.8 Å². The van der Waals surface area contributed by atoms with Crippen LogP contribution < -0.4 is 31.4 Å². The third-order valence-corrected chi connectivity index (χ3v) is 9.10. The van der Waals surface area contributed by atoms with Gasteiger partial charge >= 0.3 is 24.4 Å². The number of Topliss-reactive ketones (excluding diaryl/α,β-unsaturated/α-hetero) is 4. The Morgan fingerprint density at radius 2 is 0.918 bits per heavy atom. The number of nitrogens with two attached hydrogens (primary N) is 2. The maximum Gasteiger partial charge on any atom is 0.334 e. The van der Waals surface area contributed by atoms with Crippen LogP contribution in [0.5, 0.6) is 0 Å². The minimum absolute atomic E-state index is 0.00417. The number of ether oxygens (including phenoxy) is 2. The highest BCUT2D eigenvalue weighted by Gasteiger charge is 2.32. The van der Waals surface area contributed by atoms with E-state index in [1.165, 1.54) is 0 Å². The molecule has 0 unspecified atom stereocenters. The molecule has 0 heterocycles. The monoisotopic (exact) mass is 863 g/mol. The van der Waals surface area contributed by atoms with Gasteiger partial charge in [0.25, 0.3) is 13.4 Å². The first-order chi connectivity index (χ1) is 28.4. The molecule has 6 atom stereocenters. The third kappa shape index (κ3) is 28.5. The van der Waals surface area contributed by atoms with Crippen molar-refractivity contribution in [1.29, 1.82) is 0 Å². The van der Waals surface area contributed by atoms with Crippen LogP contribution in [-0.2, 0) is 47.8 Å². The van der Waals surface area contributed by atoms with Crippen molar-refractivity contribution in [1.82, 2.24) is 20.0 Å². The first-order valence-electron chi connectivity index (χ1n) is 21.6. The second-order valence-electron chi connectivity index (χ2n) is 17.5. The fraction of sp³-hybridized carbons (Fsp3) is 0.733. The highest BCUT2D eigenvalue weighted by Crippen LogP contribution is 2.21. The van der Waals surface area contributed by atoms with E-state index in [4.69, 9.17) is 20.9 Å². The maximum atomic E-state index is 13.0. The standard InChI is InChI=1S/C23H39N3O5.C22H37N3O5/c1-14(2)10-17(12-21(28)19(24)11-15(3)4)22(29)26-20(23(30)31-16(5)6)9-8-18(27)13-25-7;1-7-30-22(29)19(9-8-17(26)13-24-6)25-21(28)16(10-14(2)3)12-20(27)18(23)11-15(4)5/h13-17,19-20H,7-12,24H2,1-6H3;13-16,18-19H,6-12,23H2,1-5H3/p+2/t17-,19+,20+;16-,18+,19+/m11/s1. The van der Waals surface area contributed by atoms with Crippen molar-refractivity contribution in [2.75, 3.05) is 6.61 Å². The zero-order valence-electron chi connectivity index (χ0n) is 38.8. The highest BCUT2D eigenvalue weighted by atomic mass is 16.5. The van der Waals surface area contributed by atoms with Gasteiger partial charge in [-0.1, -0.05) is 55.4 Å². The molecule has 0 aliphatic heterocycles. The van der Waals surface area contributed by atoms with Crippen molar-refractivity contribution in [2.24, 2.45) is 47.0 Å². The Bertz CT molecular complexity index is 1530. The van der Waals surface area contributed by atoms with Gasteiger partial charge in [0, 0.05) is 37.5 Å². The van der Waals surface area contributed by atoms with Crippen LogP contribution in [0.25, 0.3) is 0 Å². The zero-order chi connectivity index (χ0) is 47.4. The smallest absolute Gasteiger partial charge is 0.334 e. The van der Waals surface area contributed by atoms with Crippen molar-refractivity contribution in [3.63, 3.8) is 0 Å². The Hall–Kier alpha value is -4.62. The average molecular weight is 863 g/mol. The van der Waals surface area contributed by atoms with Gasteiger partial charge < -0.3 is 31.6 Å². The largest absolute Gasteiger partial charge is 0.464 e. The van der Waals surface area contributed by atoms with Gasteiger partial charge in [-0.05, 0) is 83.0 Å². The fourth-order valence-corrected chi connectivity index (χ4v) is 6.31. The molecule has 0 aliphatic rings. The van der Waals surface area contributed by atoms with E-state index in [-0.39, 0.29) is 98.0 Å². The summed E-state index contributed by atoms with van der Waals surface area (Å²) >= 11 is 0. The van der Waals surface area contributed by atoms with Crippen LogP contribution in [0.15, 0.2) is 0 Å². The maximum absolute atomic E-state index is 13.0. The van der Waals surface area contributed by atoms with Gasteiger partial charge in [-0.3, -0.25) is 28.8 Å². The van der Waals surface area contributed by atoms with Crippen LogP contribution in [0.4, 0.5) is 0 Å². The van der Waals surface area contributed by atoms with Gasteiger partial charge in [-0.2, -0.15) is 0 Å². The lowest BCUT2D eigenvalue weighted by Gasteiger charge is -2.24. The molecule has 0 aliphatic carbocycles. The number of hydrogen-bond acceptors (Lipinski definition) is 12. The lowest BCUT2D eigenvalue weighted by Crippen LogP contribution is -2.46. The van der Waals surface area contributed by atoms with E-state index in [2.05, 4.69) is 33.4 Å². The van der Waals surface area contributed by atoms with Crippen LogP contribution in [0.3, 0.4) is 0 Å². The van der Waals surface area contributed by atoms with Gasteiger partial charge in [0.15, 0.2) is 0 Å². The molecule has 0 aromatic carbocycles. The molecule has 0 fully saturated rings.